The van der Waals surface area contributed by atoms with Gasteiger partial charge in [-0.1, -0.05) is 43.2 Å². The van der Waals surface area contributed by atoms with Gasteiger partial charge in [-0.2, -0.15) is 15.0 Å². The maximum Gasteiger partial charge on any atom is 0.232 e. The number of aromatic nitrogens is 3. The SMILES string of the molecule is COCCCN(c1nc(NCCCCCCO)nc(NCc2ccccc2)n1)C1CC(C)(C)NC(C)(C)C1. The standard InChI is InChI=1S/C29H49N7O2/c1-28(2)20-24(21-29(3,4)35-28)36(17-13-19-38-5)27-33-25(30-16-11-6-7-12-18-37)32-26(34-27)31-22-23-14-9-8-10-15-23/h8-10,14-15,24,35,37H,6-7,11-13,16-22H2,1-5H3,(H2,30,31,32,33,34). The van der Waals surface area contributed by atoms with Crippen molar-refractivity contribution in [1.82, 2.24) is 20.3 Å². The van der Waals surface area contributed by atoms with Crippen LogP contribution >= 0.6 is 0 Å². The van der Waals surface area contributed by atoms with E-state index in [2.05, 4.69) is 60.7 Å². The molecule has 3 rings (SSSR count). The van der Waals surface area contributed by atoms with Crippen LogP contribution in [0.4, 0.5) is 17.8 Å². The molecule has 0 amide bonds. The summed E-state index contributed by atoms with van der Waals surface area (Å²) < 4.78 is 5.39. The van der Waals surface area contributed by atoms with Gasteiger partial charge in [0.15, 0.2) is 0 Å². The number of aliphatic hydroxyl groups excluding tert-OH is 1. The highest BCUT2D eigenvalue weighted by Crippen LogP contribution is 2.33. The number of nitrogens with zero attached hydrogens (tertiary/aromatic N) is 4. The molecule has 38 heavy (non-hydrogen) atoms. The average Bonchev–Trinajstić information content (AvgIpc) is 2.86. The molecule has 0 atom stereocenters. The van der Waals surface area contributed by atoms with E-state index in [0.29, 0.717) is 31.0 Å². The minimum Gasteiger partial charge on any atom is -0.396 e. The van der Waals surface area contributed by atoms with Crippen LogP contribution in [0.2, 0.25) is 0 Å². The lowest BCUT2D eigenvalue weighted by Gasteiger charge is -2.49. The van der Waals surface area contributed by atoms with E-state index in [4.69, 9.17) is 24.8 Å². The van der Waals surface area contributed by atoms with Crippen LogP contribution in [0.25, 0.3) is 0 Å². The molecule has 1 aromatic carbocycles. The fraction of sp³-hybridized carbons (Fsp3) is 0.690. The van der Waals surface area contributed by atoms with E-state index in [1.165, 1.54) is 5.56 Å². The fourth-order valence-electron chi connectivity index (χ4n) is 5.53. The minimum atomic E-state index is 0.00297. The molecule has 0 unspecified atom stereocenters. The highest BCUT2D eigenvalue weighted by atomic mass is 16.5. The van der Waals surface area contributed by atoms with Crippen LogP contribution in [0.3, 0.4) is 0 Å². The lowest BCUT2D eigenvalue weighted by Crippen LogP contribution is -2.62. The first-order valence-electron chi connectivity index (χ1n) is 14.1. The fourth-order valence-corrected chi connectivity index (χ4v) is 5.53. The third kappa shape index (κ3) is 10.0. The van der Waals surface area contributed by atoms with Gasteiger partial charge >= 0.3 is 0 Å². The van der Waals surface area contributed by atoms with Crippen molar-refractivity contribution in [2.24, 2.45) is 0 Å². The molecule has 1 saturated heterocycles. The number of aliphatic hydroxyl groups is 1. The zero-order valence-electron chi connectivity index (χ0n) is 24.1. The smallest absolute Gasteiger partial charge is 0.232 e. The molecule has 212 valence electrons. The summed E-state index contributed by atoms with van der Waals surface area (Å²) in [6.07, 6.45) is 6.83. The molecule has 1 fully saturated rings. The number of piperidine rings is 1. The number of nitrogens with one attached hydrogen (secondary N) is 3. The van der Waals surface area contributed by atoms with Crippen LogP contribution in [-0.2, 0) is 11.3 Å². The van der Waals surface area contributed by atoms with Gasteiger partial charge in [0.05, 0.1) is 0 Å². The Morgan fingerprint density at radius 3 is 2.24 bits per heavy atom. The monoisotopic (exact) mass is 527 g/mol. The van der Waals surface area contributed by atoms with E-state index >= 15 is 0 Å². The first kappa shape index (κ1) is 30.1. The summed E-state index contributed by atoms with van der Waals surface area (Å²) >= 11 is 0. The number of unbranched alkanes of at least 4 members (excludes halogenated alkanes) is 3. The predicted octanol–water partition coefficient (Wildman–Crippen LogP) is 4.60. The normalized spacial score (nSPS) is 16.8. The molecule has 0 aliphatic carbocycles. The van der Waals surface area contributed by atoms with Crippen molar-refractivity contribution in [3.05, 3.63) is 35.9 Å². The van der Waals surface area contributed by atoms with Crippen LogP contribution in [0, 0.1) is 0 Å². The quantitative estimate of drug-likeness (QED) is 0.233. The summed E-state index contributed by atoms with van der Waals surface area (Å²) in [5.74, 6) is 1.87. The topological polar surface area (TPSA) is 107 Å². The number of anilines is 3. The van der Waals surface area contributed by atoms with Crippen molar-refractivity contribution in [3.8, 4) is 0 Å². The van der Waals surface area contributed by atoms with Crippen molar-refractivity contribution in [1.29, 1.82) is 0 Å². The molecule has 0 radical (unpaired) electrons. The molecular weight excluding hydrogens is 478 g/mol. The number of methoxy groups -OCH3 is 1. The number of hydrogen-bond acceptors (Lipinski definition) is 9. The number of rotatable bonds is 16. The number of benzene rings is 1. The summed E-state index contributed by atoms with van der Waals surface area (Å²) in [5, 5.41) is 19.7. The van der Waals surface area contributed by atoms with E-state index in [9.17, 15) is 0 Å². The van der Waals surface area contributed by atoms with Crippen molar-refractivity contribution >= 4 is 17.8 Å². The van der Waals surface area contributed by atoms with Gasteiger partial charge in [-0.05, 0) is 65.4 Å². The Kier molecular flexibility index (Phi) is 11.6. The molecule has 1 aromatic heterocycles. The van der Waals surface area contributed by atoms with Crippen LogP contribution < -0.4 is 20.9 Å². The molecule has 9 heteroatoms. The van der Waals surface area contributed by atoms with Crippen molar-refractivity contribution in [2.45, 2.75) is 96.3 Å². The molecule has 4 N–H and O–H groups in total. The Hall–Kier alpha value is -2.49. The lowest BCUT2D eigenvalue weighted by atomic mass is 9.79. The summed E-state index contributed by atoms with van der Waals surface area (Å²) in [6, 6.07) is 10.6. The van der Waals surface area contributed by atoms with Gasteiger partial charge < -0.3 is 30.7 Å². The van der Waals surface area contributed by atoms with E-state index in [1.54, 1.807) is 7.11 Å². The molecule has 0 saturated carbocycles. The largest absolute Gasteiger partial charge is 0.396 e. The Morgan fingerprint density at radius 1 is 0.921 bits per heavy atom. The van der Waals surface area contributed by atoms with Gasteiger partial charge in [0, 0.05) is 57.1 Å². The highest BCUT2D eigenvalue weighted by molar-refractivity contribution is 5.45. The van der Waals surface area contributed by atoms with Crippen molar-refractivity contribution in [3.63, 3.8) is 0 Å². The van der Waals surface area contributed by atoms with E-state index < -0.39 is 0 Å². The van der Waals surface area contributed by atoms with E-state index in [-0.39, 0.29) is 23.7 Å². The molecule has 0 spiro atoms. The Bertz CT molecular complexity index is 939. The summed E-state index contributed by atoms with van der Waals surface area (Å²) in [6.45, 7) is 12.3. The zero-order valence-corrected chi connectivity index (χ0v) is 24.1. The van der Waals surface area contributed by atoms with Crippen LogP contribution in [0.5, 0.6) is 0 Å². The van der Waals surface area contributed by atoms with Crippen LogP contribution in [0.15, 0.2) is 30.3 Å². The minimum absolute atomic E-state index is 0.00297. The van der Waals surface area contributed by atoms with Gasteiger partial charge in [0.1, 0.15) is 0 Å². The molecule has 1 aliphatic heterocycles. The molecule has 1 aliphatic rings. The van der Waals surface area contributed by atoms with Gasteiger partial charge in [-0.3, -0.25) is 0 Å². The molecule has 2 aromatic rings. The van der Waals surface area contributed by atoms with E-state index in [1.807, 2.05) is 18.2 Å². The summed E-state index contributed by atoms with van der Waals surface area (Å²) in [7, 11) is 1.75. The number of ether oxygens (including phenoxy) is 1. The predicted molar refractivity (Wildman–Crippen MR) is 156 cm³/mol. The third-order valence-electron chi connectivity index (χ3n) is 6.90. The summed E-state index contributed by atoms with van der Waals surface area (Å²) in [4.78, 5) is 16.9. The third-order valence-corrected chi connectivity index (χ3v) is 6.90. The highest BCUT2D eigenvalue weighted by Gasteiger charge is 2.40. The van der Waals surface area contributed by atoms with Crippen LogP contribution in [0.1, 0.15) is 78.2 Å². The van der Waals surface area contributed by atoms with Gasteiger partial charge in [-0.25, -0.2) is 0 Å². The molecule has 0 bridgehead atoms. The van der Waals surface area contributed by atoms with Gasteiger partial charge in [0.2, 0.25) is 17.8 Å². The maximum absolute atomic E-state index is 9.03. The Morgan fingerprint density at radius 2 is 1.58 bits per heavy atom. The van der Waals surface area contributed by atoms with Crippen LogP contribution in [-0.4, -0.2) is 70.6 Å². The molecule has 9 nitrogen and oxygen atoms in total. The average molecular weight is 528 g/mol. The molecule has 2 heterocycles. The van der Waals surface area contributed by atoms with Crippen molar-refractivity contribution < 1.29 is 9.84 Å². The van der Waals surface area contributed by atoms with E-state index in [0.717, 1.165) is 58.0 Å². The van der Waals surface area contributed by atoms with Gasteiger partial charge in [0.25, 0.3) is 0 Å². The zero-order chi connectivity index (χ0) is 27.4. The Labute approximate surface area is 229 Å². The number of hydrogen-bond donors (Lipinski definition) is 4. The Balaban J connectivity index is 1.86. The first-order valence-corrected chi connectivity index (χ1v) is 14.1. The first-order chi connectivity index (χ1) is 18.2. The van der Waals surface area contributed by atoms with Crippen molar-refractivity contribution in [2.75, 3.05) is 48.9 Å². The van der Waals surface area contributed by atoms with Gasteiger partial charge in [-0.15, -0.1) is 0 Å². The molecular formula is C29H49N7O2. The second-order valence-corrected chi connectivity index (χ2v) is 11.7. The second-order valence-electron chi connectivity index (χ2n) is 11.7. The second kappa shape index (κ2) is 14.6. The summed E-state index contributed by atoms with van der Waals surface area (Å²) in [5.41, 5.74) is 1.18. The lowest BCUT2D eigenvalue weighted by molar-refractivity contribution is 0.154. The maximum atomic E-state index is 9.03.